The molecule has 116 valence electrons. The number of carbonyl (C=O) groups is 1. The van der Waals surface area contributed by atoms with Gasteiger partial charge in [0.2, 0.25) is 0 Å². The number of aryl methyl sites for hydroxylation is 2. The maximum Gasteiger partial charge on any atom is 0.256 e. The van der Waals surface area contributed by atoms with Gasteiger partial charge in [-0.1, -0.05) is 30.3 Å². The van der Waals surface area contributed by atoms with Crippen molar-refractivity contribution in [2.75, 3.05) is 7.05 Å². The lowest BCUT2D eigenvalue weighted by Gasteiger charge is -2.32. The number of aliphatic hydroxyl groups excluding tert-OH is 1. The third-order valence-corrected chi connectivity index (χ3v) is 5.31. The monoisotopic (exact) mass is 316 g/mol. The van der Waals surface area contributed by atoms with Gasteiger partial charge in [-0.2, -0.15) is 0 Å². The summed E-state index contributed by atoms with van der Waals surface area (Å²) in [7, 11) is 1.78. The van der Waals surface area contributed by atoms with Crippen molar-refractivity contribution in [3.8, 4) is 0 Å². The standard InChI is InChI=1S/C17H20N2O2S/c1-11-18-13-9-6-10-14(16(13)22-11)19(2)17(21)15(20)12-7-4-3-5-8-12/h3-5,7-8,14-15,20H,6,9-10H2,1-2H3. The van der Waals surface area contributed by atoms with E-state index in [4.69, 9.17) is 0 Å². The Morgan fingerprint density at radius 1 is 1.41 bits per heavy atom. The van der Waals surface area contributed by atoms with Gasteiger partial charge in [-0.25, -0.2) is 4.98 Å². The molecule has 2 unspecified atom stereocenters. The van der Waals surface area contributed by atoms with Gasteiger partial charge in [-0.3, -0.25) is 4.79 Å². The fourth-order valence-electron chi connectivity index (χ4n) is 3.01. The second-order valence-electron chi connectivity index (χ2n) is 5.71. The van der Waals surface area contributed by atoms with Crippen LogP contribution < -0.4 is 0 Å². The molecule has 1 amide bonds. The van der Waals surface area contributed by atoms with Gasteiger partial charge in [0.05, 0.1) is 21.6 Å². The summed E-state index contributed by atoms with van der Waals surface area (Å²) in [5.74, 6) is -0.255. The number of thiazole rings is 1. The zero-order valence-corrected chi connectivity index (χ0v) is 13.6. The van der Waals surface area contributed by atoms with E-state index in [2.05, 4.69) is 4.98 Å². The molecule has 0 bridgehead atoms. The summed E-state index contributed by atoms with van der Waals surface area (Å²) >= 11 is 1.66. The minimum atomic E-state index is -1.11. The number of hydrogen-bond acceptors (Lipinski definition) is 4. The van der Waals surface area contributed by atoms with Crippen molar-refractivity contribution >= 4 is 17.2 Å². The van der Waals surface area contributed by atoms with Crippen molar-refractivity contribution in [3.63, 3.8) is 0 Å². The molecule has 1 aliphatic carbocycles. The van der Waals surface area contributed by atoms with Crippen LogP contribution in [0.5, 0.6) is 0 Å². The number of amides is 1. The lowest BCUT2D eigenvalue weighted by atomic mass is 9.96. The molecule has 0 saturated carbocycles. The summed E-state index contributed by atoms with van der Waals surface area (Å²) in [4.78, 5) is 20.1. The molecule has 1 N–H and O–H groups in total. The third-order valence-electron chi connectivity index (χ3n) is 4.19. The van der Waals surface area contributed by atoms with E-state index in [-0.39, 0.29) is 11.9 Å². The molecule has 3 rings (SSSR count). The van der Waals surface area contributed by atoms with Gasteiger partial charge in [-0.05, 0) is 31.7 Å². The molecule has 2 atom stereocenters. The molecule has 2 aromatic rings. The van der Waals surface area contributed by atoms with Crippen LogP contribution in [-0.4, -0.2) is 27.9 Å². The van der Waals surface area contributed by atoms with Gasteiger partial charge in [0, 0.05) is 7.05 Å². The van der Waals surface area contributed by atoms with E-state index in [1.54, 1.807) is 35.4 Å². The summed E-state index contributed by atoms with van der Waals surface area (Å²) in [6, 6.07) is 9.12. The van der Waals surface area contributed by atoms with Crippen LogP contribution in [0.15, 0.2) is 30.3 Å². The third kappa shape index (κ3) is 2.78. The quantitative estimate of drug-likeness (QED) is 0.947. The molecule has 5 heteroatoms. The van der Waals surface area contributed by atoms with E-state index in [0.717, 1.165) is 30.0 Å². The zero-order chi connectivity index (χ0) is 15.7. The Kier molecular flexibility index (Phi) is 4.27. The minimum absolute atomic E-state index is 0.0285. The molecule has 1 aliphatic rings. The Labute approximate surface area is 134 Å². The number of likely N-dealkylation sites (N-methyl/N-ethyl adjacent to an activating group) is 1. The maximum atomic E-state index is 12.6. The molecule has 0 spiro atoms. The summed E-state index contributed by atoms with van der Waals surface area (Å²) in [5, 5.41) is 11.4. The molecule has 0 fully saturated rings. The first kappa shape index (κ1) is 15.2. The normalized spacial score (nSPS) is 18.6. The van der Waals surface area contributed by atoms with E-state index >= 15 is 0 Å². The van der Waals surface area contributed by atoms with Gasteiger partial charge < -0.3 is 10.0 Å². The second-order valence-corrected chi connectivity index (χ2v) is 6.95. The van der Waals surface area contributed by atoms with Crippen molar-refractivity contribution in [2.24, 2.45) is 0 Å². The highest BCUT2D eigenvalue weighted by molar-refractivity contribution is 7.11. The first-order chi connectivity index (χ1) is 10.6. The molecular formula is C17H20N2O2S. The molecule has 22 heavy (non-hydrogen) atoms. The fraction of sp³-hybridized carbons (Fsp3) is 0.412. The Morgan fingerprint density at radius 3 is 2.86 bits per heavy atom. The fourth-order valence-corrected chi connectivity index (χ4v) is 4.16. The first-order valence-electron chi connectivity index (χ1n) is 7.54. The molecule has 4 nitrogen and oxygen atoms in total. The SMILES string of the molecule is Cc1nc2c(s1)C(N(C)C(=O)C(O)c1ccccc1)CCC2. The van der Waals surface area contributed by atoms with Gasteiger partial charge in [0.25, 0.3) is 5.91 Å². The first-order valence-corrected chi connectivity index (χ1v) is 8.35. The Hall–Kier alpha value is -1.72. The van der Waals surface area contributed by atoms with Crippen LogP contribution in [0.3, 0.4) is 0 Å². The highest BCUT2D eigenvalue weighted by Crippen LogP contribution is 2.38. The van der Waals surface area contributed by atoms with Crippen LogP contribution in [0.2, 0.25) is 0 Å². The largest absolute Gasteiger partial charge is 0.378 e. The number of nitrogens with zero attached hydrogens (tertiary/aromatic N) is 2. The van der Waals surface area contributed by atoms with Crippen molar-refractivity contribution in [3.05, 3.63) is 51.5 Å². The molecule has 0 saturated heterocycles. The number of aliphatic hydroxyl groups is 1. The van der Waals surface area contributed by atoms with Crippen molar-refractivity contribution < 1.29 is 9.90 Å². The van der Waals surface area contributed by atoms with E-state index in [0.29, 0.717) is 5.56 Å². The van der Waals surface area contributed by atoms with Gasteiger partial charge in [0.15, 0.2) is 6.10 Å². The smallest absolute Gasteiger partial charge is 0.256 e. The van der Waals surface area contributed by atoms with Gasteiger partial charge in [-0.15, -0.1) is 11.3 Å². The molecule has 0 radical (unpaired) electrons. The number of fused-ring (bicyclic) bond motifs is 1. The second kappa shape index (κ2) is 6.18. The molecule has 1 aromatic carbocycles. The average Bonchev–Trinajstić information content (AvgIpc) is 2.93. The maximum absolute atomic E-state index is 12.6. The number of benzene rings is 1. The van der Waals surface area contributed by atoms with Crippen LogP contribution in [0.4, 0.5) is 0 Å². The van der Waals surface area contributed by atoms with Crippen LogP contribution in [0, 0.1) is 6.92 Å². The number of rotatable bonds is 3. The van der Waals surface area contributed by atoms with Crippen LogP contribution in [0.25, 0.3) is 0 Å². The molecule has 1 heterocycles. The van der Waals surface area contributed by atoms with Crippen LogP contribution >= 0.6 is 11.3 Å². The predicted molar refractivity (Wildman–Crippen MR) is 86.7 cm³/mol. The minimum Gasteiger partial charge on any atom is -0.378 e. The van der Waals surface area contributed by atoms with Crippen LogP contribution in [-0.2, 0) is 11.2 Å². The number of aromatic nitrogens is 1. The summed E-state index contributed by atoms with van der Waals surface area (Å²) in [6.45, 7) is 2.00. The van der Waals surface area contributed by atoms with E-state index in [1.807, 2.05) is 25.1 Å². The highest BCUT2D eigenvalue weighted by Gasteiger charge is 2.32. The van der Waals surface area contributed by atoms with Crippen molar-refractivity contribution in [2.45, 2.75) is 38.3 Å². The lowest BCUT2D eigenvalue weighted by molar-refractivity contribution is -0.141. The Bertz CT molecular complexity index is 669. The van der Waals surface area contributed by atoms with E-state index in [9.17, 15) is 9.90 Å². The zero-order valence-electron chi connectivity index (χ0n) is 12.8. The van der Waals surface area contributed by atoms with Crippen LogP contribution in [0.1, 0.15) is 46.1 Å². The lowest BCUT2D eigenvalue weighted by Crippen LogP contribution is -2.36. The topological polar surface area (TPSA) is 53.4 Å². The van der Waals surface area contributed by atoms with Gasteiger partial charge in [0.1, 0.15) is 0 Å². The Balaban J connectivity index is 1.82. The summed E-state index contributed by atoms with van der Waals surface area (Å²) in [5.41, 5.74) is 1.75. The van der Waals surface area contributed by atoms with Gasteiger partial charge >= 0.3 is 0 Å². The number of hydrogen-bond donors (Lipinski definition) is 1. The van der Waals surface area contributed by atoms with E-state index in [1.165, 1.54) is 4.88 Å². The molecule has 1 aromatic heterocycles. The van der Waals surface area contributed by atoms with E-state index < -0.39 is 6.10 Å². The molecular weight excluding hydrogens is 296 g/mol. The highest BCUT2D eigenvalue weighted by atomic mass is 32.1. The molecule has 0 aliphatic heterocycles. The Morgan fingerprint density at radius 2 is 2.14 bits per heavy atom. The van der Waals surface area contributed by atoms with Crippen molar-refractivity contribution in [1.82, 2.24) is 9.88 Å². The predicted octanol–water partition coefficient (Wildman–Crippen LogP) is 3.02. The van der Waals surface area contributed by atoms with Crippen molar-refractivity contribution in [1.29, 1.82) is 0 Å². The summed E-state index contributed by atoms with van der Waals surface area (Å²) in [6.07, 6.45) is 1.84. The number of carbonyl (C=O) groups excluding carboxylic acids is 1. The average molecular weight is 316 g/mol. The summed E-state index contributed by atoms with van der Waals surface area (Å²) < 4.78 is 0.